The number of hydrogen-bond donors (Lipinski definition) is 1. The molecule has 0 radical (unpaired) electrons. The van der Waals surface area contributed by atoms with Gasteiger partial charge in [-0.2, -0.15) is 0 Å². The third-order valence-corrected chi connectivity index (χ3v) is 6.89. The minimum Gasteiger partial charge on any atom is -0.356 e. The molecular weight excluding hydrogens is 388 g/mol. The zero-order valence-electron chi connectivity index (χ0n) is 16.6. The van der Waals surface area contributed by atoms with Gasteiger partial charge in [0.05, 0.1) is 10.3 Å². The first-order valence-electron chi connectivity index (χ1n) is 9.85. The molecule has 1 amide bonds. The summed E-state index contributed by atoms with van der Waals surface area (Å²) in [5.41, 5.74) is 1.36. The summed E-state index contributed by atoms with van der Waals surface area (Å²) in [5.74, 6) is 2.55. The van der Waals surface area contributed by atoms with Gasteiger partial charge in [0.15, 0.2) is 0 Å². The maximum atomic E-state index is 12.3. The van der Waals surface area contributed by atoms with E-state index in [0.29, 0.717) is 5.92 Å². The molecule has 4 rings (SSSR count). The minimum absolute atomic E-state index is 0.0470. The van der Waals surface area contributed by atoms with Gasteiger partial charge < -0.3 is 10.2 Å². The van der Waals surface area contributed by atoms with Crippen molar-refractivity contribution < 1.29 is 4.79 Å². The number of nitrogens with zero attached hydrogens (tertiary/aromatic N) is 3. The fourth-order valence-electron chi connectivity index (χ4n) is 3.80. The lowest BCUT2D eigenvalue weighted by atomic mass is 10.0. The molecule has 1 saturated heterocycles. The number of nitrogens with one attached hydrogen (secondary N) is 1. The fourth-order valence-corrected chi connectivity index (χ4v) is 5.42. The van der Waals surface area contributed by atoms with E-state index in [2.05, 4.69) is 34.4 Å². The molecule has 0 atom stereocenters. The van der Waals surface area contributed by atoms with E-state index < -0.39 is 0 Å². The Morgan fingerprint density at radius 2 is 2.07 bits per heavy atom. The van der Waals surface area contributed by atoms with E-state index in [-0.39, 0.29) is 11.9 Å². The number of carbonyl (C=O) groups is 1. The van der Waals surface area contributed by atoms with Crippen molar-refractivity contribution in [1.29, 1.82) is 0 Å². The van der Waals surface area contributed by atoms with Gasteiger partial charge in [-0.3, -0.25) is 4.79 Å². The molecule has 0 spiro atoms. The topological polar surface area (TPSA) is 58.1 Å². The first kappa shape index (κ1) is 19.3. The van der Waals surface area contributed by atoms with Gasteiger partial charge in [0.1, 0.15) is 16.5 Å². The molecule has 1 aliphatic heterocycles. The Hall–Kier alpha value is -1.99. The molecule has 0 bridgehead atoms. The van der Waals surface area contributed by atoms with Gasteiger partial charge in [-0.15, -0.1) is 22.7 Å². The van der Waals surface area contributed by atoms with Crippen molar-refractivity contribution in [2.75, 3.05) is 18.0 Å². The lowest BCUT2D eigenvalue weighted by Crippen LogP contribution is -2.45. The van der Waals surface area contributed by atoms with Crippen LogP contribution in [0.2, 0.25) is 0 Å². The SMILES string of the molecule is Cc1nc(N2CCC(NC(=O)c3cccs3)CC2)c2c(CC(C)C)csc2n1. The normalized spacial score (nSPS) is 15.5. The molecule has 7 heteroatoms. The molecule has 0 aromatic carbocycles. The van der Waals surface area contributed by atoms with Crippen molar-refractivity contribution in [2.45, 2.75) is 46.1 Å². The molecule has 0 unspecified atom stereocenters. The monoisotopic (exact) mass is 414 g/mol. The highest BCUT2D eigenvalue weighted by Crippen LogP contribution is 2.34. The predicted octanol–water partition coefficient (Wildman–Crippen LogP) is 4.66. The van der Waals surface area contributed by atoms with Crippen molar-refractivity contribution in [3.63, 3.8) is 0 Å². The number of aryl methyl sites for hydroxylation is 1. The van der Waals surface area contributed by atoms with Crippen LogP contribution in [-0.2, 0) is 6.42 Å². The van der Waals surface area contributed by atoms with Gasteiger partial charge in [-0.1, -0.05) is 19.9 Å². The number of amides is 1. The Balaban J connectivity index is 1.50. The molecule has 1 aliphatic rings. The maximum absolute atomic E-state index is 12.3. The summed E-state index contributed by atoms with van der Waals surface area (Å²) in [4.78, 5) is 26.1. The molecule has 28 heavy (non-hydrogen) atoms. The van der Waals surface area contributed by atoms with Crippen LogP contribution in [-0.4, -0.2) is 35.0 Å². The smallest absolute Gasteiger partial charge is 0.261 e. The number of hydrogen-bond acceptors (Lipinski definition) is 6. The summed E-state index contributed by atoms with van der Waals surface area (Å²) in [6.07, 6.45) is 2.92. The van der Waals surface area contributed by atoms with Gasteiger partial charge in [0, 0.05) is 19.1 Å². The van der Waals surface area contributed by atoms with E-state index >= 15 is 0 Å². The zero-order chi connectivity index (χ0) is 19.7. The number of rotatable bonds is 5. The largest absolute Gasteiger partial charge is 0.356 e. The molecule has 0 aliphatic carbocycles. The number of carbonyl (C=O) groups excluding carboxylic acids is 1. The van der Waals surface area contributed by atoms with E-state index in [1.807, 2.05) is 24.4 Å². The van der Waals surface area contributed by atoms with Gasteiger partial charge in [0.2, 0.25) is 0 Å². The van der Waals surface area contributed by atoms with Crippen molar-refractivity contribution in [3.05, 3.63) is 39.2 Å². The molecule has 3 aromatic heterocycles. The second-order valence-electron chi connectivity index (χ2n) is 7.85. The second kappa shape index (κ2) is 8.17. The fraction of sp³-hybridized carbons (Fsp3) is 0.476. The molecule has 1 fully saturated rings. The Kier molecular flexibility index (Phi) is 5.64. The Bertz CT molecular complexity index is 956. The lowest BCUT2D eigenvalue weighted by molar-refractivity contribution is 0.0935. The summed E-state index contributed by atoms with van der Waals surface area (Å²) in [6.45, 7) is 8.27. The zero-order valence-corrected chi connectivity index (χ0v) is 18.2. The van der Waals surface area contributed by atoms with Crippen LogP contribution >= 0.6 is 22.7 Å². The predicted molar refractivity (Wildman–Crippen MR) is 118 cm³/mol. The molecular formula is C21H26N4OS2. The maximum Gasteiger partial charge on any atom is 0.261 e. The third-order valence-electron chi connectivity index (χ3n) is 5.11. The van der Waals surface area contributed by atoms with E-state index in [9.17, 15) is 4.79 Å². The van der Waals surface area contributed by atoms with Crippen molar-refractivity contribution >= 4 is 44.6 Å². The molecule has 148 valence electrons. The highest BCUT2D eigenvalue weighted by Gasteiger charge is 2.25. The van der Waals surface area contributed by atoms with Gasteiger partial charge in [-0.25, -0.2) is 9.97 Å². The Labute approximate surface area is 173 Å². The number of piperidine rings is 1. The summed E-state index contributed by atoms with van der Waals surface area (Å²) in [5, 5.41) is 8.60. The number of aromatic nitrogens is 2. The quantitative estimate of drug-likeness (QED) is 0.660. The first-order valence-corrected chi connectivity index (χ1v) is 11.6. The average molecular weight is 415 g/mol. The standard InChI is InChI=1S/C21H26N4OS2/c1-13(2)11-15-12-28-21-18(15)19(22-14(3)23-21)25-8-6-16(7-9-25)24-20(26)17-5-4-10-27-17/h4-5,10,12-13,16H,6-9,11H2,1-3H3,(H,24,26). The summed E-state index contributed by atoms with van der Waals surface area (Å²) >= 11 is 3.21. The lowest BCUT2D eigenvalue weighted by Gasteiger charge is -2.33. The molecule has 3 aromatic rings. The number of anilines is 1. The van der Waals surface area contributed by atoms with Gasteiger partial charge in [0.25, 0.3) is 5.91 Å². The summed E-state index contributed by atoms with van der Waals surface area (Å²) in [6, 6.07) is 4.02. The Morgan fingerprint density at radius 3 is 2.75 bits per heavy atom. The van der Waals surface area contributed by atoms with Crippen LogP contribution in [0, 0.1) is 12.8 Å². The van der Waals surface area contributed by atoms with Crippen LogP contribution in [0.15, 0.2) is 22.9 Å². The second-order valence-corrected chi connectivity index (χ2v) is 9.65. The van der Waals surface area contributed by atoms with E-state index in [1.54, 1.807) is 11.3 Å². The summed E-state index contributed by atoms with van der Waals surface area (Å²) < 4.78 is 0. The van der Waals surface area contributed by atoms with Crippen molar-refractivity contribution in [3.8, 4) is 0 Å². The van der Waals surface area contributed by atoms with Gasteiger partial charge in [-0.05, 0) is 54.5 Å². The summed E-state index contributed by atoms with van der Waals surface area (Å²) in [7, 11) is 0. The van der Waals surface area contributed by atoms with Crippen LogP contribution in [0.3, 0.4) is 0 Å². The van der Waals surface area contributed by atoms with E-state index in [1.165, 1.54) is 22.3 Å². The van der Waals surface area contributed by atoms with Crippen LogP contribution in [0.1, 0.15) is 47.7 Å². The third kappa shape index (κ3) is 4.05. The molecule has 0 saturated carbocycles. The van der Waals surface area contributed by atoms with Crippen LogP contribution in [0.5, 0.6) is 0 Å². The highest BCUT2D eigenvalue weighted by atomic mass is 32.1. The van der Waals surface area contributed by atoms with Crippen LogP contribution < -0.4 is 10.2 Å². The van der Waals surface area contributed by atoms with E-state index in [4.69, 9.17) is 4.98 Å². The Morgan fingerprint density at radius 1 is 1.29 bits per heavy atom. The van der Waals surface area contributed by atoms with Crippen LogP contribution in [0.25, 0.3) is 10.2 Å². The first-order chi connectivity index (χ1) is 13.5. The average Bonchev–Trinajstić information content (AvgIpc) is 3.32. The highest BCUT2D eigenvalue weighted by molar-refractivity contribution is 7.17. The number of thiophene rings is 2. The van der Waals surface area contributed by atoms with Crippen molar-refractivity contribution in [1.82, 2.24) is 15.3 Å². The van der Waals surface area contributed by atoms with Crippen molar-refractivity contribution in [2.24, 2.45) is 5.92 Å². The number of fused-ring (bicyclic) bond motifs is 1. The van der Waals surface area contributed by atoms with Gasteiger partial charge >= 0.3 is 0 Å². The van der Waals surface area contributed by atoms with E-state index in [0.717, 1.165) is 53.7 Å². The molecule has 5 nitrogen and oxygen atoms in total. The molecule has 1 N–H and O–H groups in total. The van der Waals surface area contributed by atoms with Crippen LogP contribution in [0.4, 0.5) is 5.82 Å². The molecule has 4 heterocycles. The minimum atomic E-state index is 0.0470.